The normalized spacial score (nSPS) is 111. The van der Waals surface area contributed by atoms with Crippen molar-refractivity contribution in [3.63, 3.8) is 0 Å². The van der Waals surface area contributed by atoms with E-state index in [4.69, 9.17) is 0 Å². The van der Waals surface area contributed by atoms with E-state index >= 15 is 0 Å². The molecule has 0 aliphatic carbocycles. The van der Waals surface area contributed by atoms with Gasteiger partial charge in [-0.3, -0.25) is 0 Å². The molecular weight excluding hydrogens is 284 g/mol. The van der Waals surface area contributed by atoms with Gasteiger partial charge in [0.1, 0.15) is 0 Å². The van der Waals surface area contributed by atoms with Crippen LogP contribution in [0.25, 0.3) is 0 Å². The van der Waals surface area contributed by atoms with Gasteiger partial charge in [-0.25, -0.2) is 0 Å². The number of hydrogen-bond acceptors (Lipinski definition) is 0. The van der Waals surface area contributed by atoms with Crippen LogP contribution in [0.3, 0.4) is 0 Å². The first-order chi connectivity index (χ1) is 9.51. The summed E-state index contributed by atoms with van der Waals surface area (Å²) in [6.07, 6.45) is 9.83. The maximum atomic E-state index is 2.53. The molecule has 10 saturated heterocycles. The van der Waals surface area contributed by atoms with Gasteiger partial charge in [-0.1, -0.05) is 0 Å². The molecule has 10 aliphatic rings. The number of fused-ring (bicyclic) bond motifs is 10. The molecule has 112 valence electrons. The molecule has 4 unspecified atom stereocenters. The average molecular weight is 312 g/mol. The third-order valence-electron chi connectivity index (χ3n) is 17.8. The van der Waals surface area contributed by atoms with Crippen LogP contribution in [0, 0.1) is 0 Å². The van der Waals surface area contributed by atoms with E-state index < -0.39 is 6.51 Å². The monoisotopic (exact) mass is 312 g/mol. The first-order valence-electron chi connectivity index (χ1n) is 9.72. The minimum absolute atomic E-state index is 1.14. The van der Waals surface area contributed by atoms with Crippen LogP contribution in [0.1, 0.15) is 59.3 Å². The first kappa shape index (κ1) is 8.97. The van der Waals surface area contributed by atoms with Gasteiger partial charge in [0.25, 0.3) is 0 Å². The summed E-state index contributed by atoms with van der Waals surface area (Å²) < 4.78 is 3.45. The Kier molecular flexibility index (Phi) is 0.367. The van der Waals surface area contributed by atoms with E-state index in [1.54, 1.807) is 19.3 Å². The van der Waals surface area contributed by atoms with E-state index in [1.807, 2.05) is 0 Å². The van der Waals surface area contributed by atoms with E-state index in [9.17, 15) is 0 Å². The van der Waals surface area contributed by atoms with Crippen molar-refractivity contribution in [1.82, 2.24) is 0 Å². The molecule has 0 radical (unpaired) electrons. The van der Waals surface area contributed by atoms with Gasteiger partial charge in [0, 0.05) is 0 Å². The summed E-state index contributed by atoms with van der Waals surface area (Å²) in [5.74, 6) is 0. The van der Waals surface area contributed by atoms with E-state index in [2.05, 4.69) is 20.8 Å². The molecule has 10 rings (SSSR count). The molecule has 1 spiro atoms. The SMILES string of the molecule is CCC[C]12[CH]3[CH]4[C]5(CCC)[C]1(CCC)[Fe]34251678[CH]2[CH]1[CH]6[CH]7[CH]28. The van der Waals surface area contributed by atoms with E-state index in [1.165, 1.54) is 53.0 Å². The van der Waals surface area contributed by atoms with Crippen molar-refractivity contribution in [3.05, 3.63) is 0 Å². The molecule has 0 aromatic heterocycles. The van der Waals surface area contributed by atoms with Gasteiger partial charge in [0.05, 0.1) is 0 Å². The summed E-state index contributed by atoms with van der Waals surface area (Å²) in [4.78, 5) is 10.6. The minimum atomic E-state index is -3.05. The van der Waals surface area contributed by atoms with Crippen LogP contribution in [-0.4, -0.2) is 0 Å². The molecule has 0 aromatic carbocycles. The predicted molar refractivity (Wildman–Crippen MR) is 79.1 cm³/mol. The Labute approximate surface area is 112 Å². The summed E-state index contributed by atoms with van der Waals surface area (Å²) >= 11 is 0. The second kappa shape index (κ2) is 0.817. The van der Waals surface area contributed by atoms with E-state index in [-0.39, 0.29) is 0 Å². The van der Waals surface area contributed by atoms with Gasteiger partial charge >= 0.3 is 112 Å². The van der Waals surface area contributed by atoms with Gasteiger partial charge in [-0.2, -0.15) is 0 Å². The quantitative estimate of drug-likeness (QED) is 0.469. The van der Waals surface area contributed by atoms with Crippen LogP contribution >= 0.6 is 0 Å². The zero-order valence-corrected chi connectivity index (χ0v) is 14.2. The standard InChI is InChI=1S/C14H23.C5H5.Fe/c1-4-7-12-10-11-13(8-5-2)14(12)9-6-3;1-2-4-5-3-1;/h10-11H,4-9H2,1-3H3;1-5H;. The summed E-state index contributed by atoms with van der Waals surface area (Å²) in [7, 11) is 0. The summed E-state index contributed by atoms with van der Waals surface area (Å²) in [6, 6.07) is 0. The van der Waals surface area contributed by atoms with Crippen molar-refractivity contribution in [2.75, 3.05) is 0 Å². The Morgan fingerprint density at radius 1 is 0.650 bits per heavy atom. The van der Waals surface area contributed by atoms with Crippen LogP contribution in [0.15, 0.2) is 0 Å². The van der Waals surface area contributed by atoms with E-state index in [0.29, 0.717) is 0 Å². The molecule has 20 heavy (non-hydrogen) atoms. The van der Waals surface area contributed by atoms with Crippen molar-refractivity contribution in [2.24, 2.45) is 0 Å². The Bertz CT molecular complexity index is 980. The van der Waals surface area contributed by atoms with Crippen molar-refractivity contribution in [2.45, 2.75) is 106 Å². The molecule has 0 aromatic rings. The molecule has 0 saturated carbocycles. The van der Waals surface area contributed by atoms with Crippen molar-refractivity contribution < 1.29 is 6.51 Å². The molecule has 10 aliphatic heterocycles. The Hall–Kier alpha value is 0.519. The average Bonchev–Trinajstić information content (AvgIpc) is 3.38. The van der Waals surface area contributed by atoms with Gasteiger partial charge < -0.3 is 0 Å². The van der Waals surface area contributed by atoms with E-state index in [0.717, 1.165) is 12.9 Å². The van der Waals surface area contributed by atoms with Crippen molar-refractivity contribution in [3.8, 4) is 0 Å². The van der Waals surface area contributed by atoms with Crippen LogP contribution in [0.2, 0.25) is 46.7 Å². The summed E-state index contributed by atoms with van der Waals surface area (Å²) in [5.41, 5.74) is 0. The van der Waals surface area contributed by atoms with Gasteiger partial charge in [-0.15, -0.1) is 0 Å². The Morgan fingerprint density at radius 2 is 1.05 bits per heavy atom. The fraction of sp³-hybridized carbons (Fsp3) is 1.00. The van der Waals surface area contributed by atoms with Crippen molar-refractivity contribution in [1.29, 1.82) is 0 Å². The zero-order valence-electron chi connectivity index (χ0n) is 13.1. The molecule has 4 atom stereocenters. The molecule has 0 N–H and O–H groups in total. The fourth-order valence-corrected chi connectivity index (χ4v) is 103. The van der Waals surface area contributed by atoms with Crippen LogP contribution in [-0.2, 0) is 6.51 Å². The summed E-state index contributed by atoms with van der Waals surface area (Å²) in [5, 5.41) is 0. The Balaban J connectivity index is 1.54. The topological polar surface area (TPSA) is 0 Å². The second-order valence-corrected chi connectivity index (χ2v) is 35.7. The molecule has 1 heteroatoms. The fourth-order valence-electron chi connectivity index (χ4n) is 21.6. The van der Waals surface area contributed by atoms with Crippen LogP contribution in [0.4, 0.5) is 0 Å². The summed E-state index contributed by atoms with van der Waals surface area (Å²) in [6.45, 7) is 4.54. The molecular formula is C19H28Fe. The number of rotatable bonds is 6. The van der Waals surface area contributed by atoms with Gasteiger partial charge in [0.2, 0.25) is 0 Å². The van der Waals surface area contributed by atoms with Crippen LogP contribution < -0.4 is 0 Å². The third-order valence-corrected chi connectivity index (χ3v) is 63.1. The van der Waals surface area contributed by atoms with Crippen molar-refractivity contribution >= 4 is 0 Å². The number of hydrogen-bond donors (Lipinski definition) is 0. The molecule has 10 heterocycles. The Morgan fingerprint density at radius 3 is 1.35 bits per heavy atom. The molecule has 0 amide bonds. The second-order valence-electron chi connectivity index (χ2n) is 12.5. The molecule has 0 bridgehead atoms. The van der Waals surface area contributed by atoms with Gasteiger partial charge in [0.15, 0.2) is 0 Å². The molecule has 10 fully saturated rings. The molecule has 0 nitrogen and oxygen atoms in total. The first-order valence-corrected chi connectivity index (χ1v) is 15.8. The van der Waals surface area contributed by atoms with Crippen LogP contribution in [0.5, 0.6) is 0 Å². The maximum absolute atomic E-state index is 3.05. The third kappa shape index (κ3) is 0.0884. The zero-order chi connectivity index (χ0) is 13.1. The van der Waals surface area contributed by atoms with Gasteiger partial charge in [-0.05, 0) is 0 Å². The predicted octanol–water partition coefficient (Wildman–Crippen LogP) is 6.89.